The van der Waals surface area contributed by atoms with Crippen molar-refractivity contribution in [1.29, 1.82) is 0 Å². The zero-order valence-corrected chi connectivity index (χ0v) is 11.8. The standard InChI is InChI=1S/C12H20ClN5/c1-7-10(13)11(17-12(14)15-7)16-8-5-4-6-9(8)18(2)3/h8-9H,4-6H2,1-3H3,(H3,14,15,16,17)/t8-,9-/m1/s1. The molecule has 18 heavy (non-hydrogen) atoms. The third-order valence-corrected chi connectivity index (χ3v) is 3.95. The van der Waals surface area contributed by atoms with Gasteiger partial charge in [0.05, 0.1) is 5.69 Å². The van der Waals surface area contributed by atoms with Gasteiger partial charge in [0.15, 0.2) is 5.82 Å². The highest BCUT2D eigenvalue weighted by Crippen LogP contribution is 2.29. The summed E-state index contributed by atoms with van der Waals surface area (Å²) in [5, 5.41) is 3.98. The van der Waals surface area contributed by atoms with Crippen molar-refractivity contribution in [2.75, 3.05) is 25.1 Å². The smallest absolute Gasteiger partial charge is 0.222 e. The summed E-state index contributed by atoms with van der Waals surface area (Å²) in [6.45, 7) is 1.84. The average molecular weight is 270 g/mol. The van der Waals surface area contributed by atoms with E-state index in [0.717, 1.165) is 6.42 Å². The molecule has 0 aromatic carbocycles. The molecule has 0 bridgehead atoms. The van der Waals surface area contributed by atoms with E-state index < -0.39 is 0 Å². The van der Waals surface area contributed by atoms with E-state index in [2.05, 4.69) is 34.3 Å². The average Bonchev–Trinajstić information content (AvgIpc) is 2.73. The number of nitrogens with zero attached hydrogens (tertiary/aromatic N) is 3. The van der Waals surface area contributed by atoms with Gasteiger partial charge < -0.3 is 16.0 Å². The molecule has 0 aliphatic heterocycles. The van der Waals surface area contributed by atoms with Gasteiger partial charge in [0.25, 0.3) is 0 Å². The van der Waals surface area contributed by atoms with Crippen molar-refractivity contribution in [2.24, 2.45) is 0 Å². The molecule has 1 saturated carbocycles. The summed E-state index contributed by atoms with van der Waals surface area (Å²) in [5.41, 5.74) is 6.38. The van der Waals surface area contributed by atoms with Crippen molar-refractivity contribution in [1.82, 2.24) is 14.9 Å². The first-order valence-electron chi connectivity index (χ1n) is 6.21. The van der Waals surface area contributed by atoms with Crippen LogP contribution in [0, 0.1) is 6.92 Å². The van der Waals surface area contributed by atoms with Crippen LogP contribution in [0.5, 0.6) is 0 Å². The normalized spacial score (nSPS) is 23.6. The Morgan fingerprint density at radius 2 is 2.06 bits per heavy atom. The highest BCUT2D eigenvalue weighted by atomic mass is 35.5. The molecular weight excluding hydrogens is 250 g/mol. The lowest BCUT2D eigenvalue weighted by Gasteiger charge is -2.27. The van der Waals surface area contributed by atoms with E-state index in [1.807, 2.05) is 6.92 Å². The van der Waals surface area contributed by atoms with E-state index in [4.69, 9.17) is 17.3 Å². The Morgan fingerprint density at radius 1 is 1.33 bits per heavy atom. The van der Waals surface area contributed by atoms with Crippen LogP contribution in [0.2, 0.25) is 5.02 Å². The molecule has 0 amide bonds. The van der Waals surface area contributed by atoms with E-state index >= 15 is 0 Å². The molecule has 6 heteroatoms. The van der Waals surface area contributed by atoms with Crippen LogP contribution >= 0.6 is 11.6 Å². The molecule has 2 rings (SSSR count). The lowest BCUT2D eigenvalue weighted by Crippen LogP contribution is -2.39. The molecule has 1 aliphatic rings. The summed E-state index contributed by atoms with van der Waals surface area (Å²) < 4.78 is 0. The van der Waals surface area contributed by atoms with Crippen molar-refractivity contribution in [3.63, 3.8) is 0 Å². The van der Waals surface area contributed by atoms with Crippen LogP contribution in [0.25, 0.3) is 0 Å². The first-order valence-corrected chi connectivity index (χ1v) is 6.59. The van der Waals surface area contributed by atoms with Crippen LogP contribution < -0.4 is 11.1 Å². The summed E-state index contributed by atoms with van der Waals surface area (Å²) in [5.74, 6) is 0.916. The predicted molar refractivity (Wildman–Crippen MR) is 74.9 cm³/mol. The van der Waals surface area contributed by atoms with Gasteiger partial charge in [-0.1, -0.05) is 11.6 Å². The van der Waals surface area contributed by atoms with E-state index in [1.165, 1.54) is 12.8 Å². The Balaban J connectivity index is 2.19. The number of likely N-dealkylation sites (N-methyl/N-ethyl adjacent to an activating group) is 1. The molecule has 0 saturated heterocycles. The monoisotopic (exact) mass is 269 g/mol. The Morgan fingerprint density at radius 3 is 2.72 bits per heavy atom. The quantitative estimate of drug-likeness (QED) is 0.878. The van der Waals surface area contributed by atoms with Crippen molar-refractivity contribution >= 4 is 23.4 Å². The van der Waals surface area contributed by atoms with Crippen LogP contribution in [0.1, 0.15) is 25.0 Å². The number of halogens is 1. The van der Waals surface area contributed by atoms with Gasteiger partial charge >= 0.3 is 0 Å². The van der Waals surface area contributed by atoms with Gasteiger partial charge in [-0.3, -0.25) is 0 Å². The summed E-state index contributed by atoms with van der Waals surface area (Å²) in [4.78, 5) is 10.5. The second-order valence-electron chi connectivity index (χ2n) is 5.04. The molecule has 0 spiro atoms. The van der Waals surface area contributed by atoms with Crippen molar-refractivity contribution in [3.05, 3.63) is 10.7 Å². The molecule has 0 radical (unpaired) electrons. The Labute approximate surface area is 113 Å². The highest BCUT2D eigenvalue weighted by molar-refractivity contribution is 6.33. The van der Waals surface area contributed by atoms with Crippen molar-refractivity contribution in [2.45, 2.75) is 38.3 Å². The minimum absolute atomic E-state index is 0.263. The van der Waals surface area contributed by atoms with Crippen molar-refractivity contribution in [3.8, 4) is 0 Å². The number of anilines is 2. The highest BCUT2D eigenvalue weighted by Gasteiger charge is 2.29. The number of hydrogen-bond acceptors (Lipinski definition) is 5. The molecule has 1 aliphatic carbocycles. The molecule has 1 aromatic heterocycles. The fourth-order valence-corrected chi connectivity index (χ4v) is 2.72. The van der Waals surface area contributed by atoms with E-state index in [-0.39, 0.29) is 5.95 Å². The molecule has 3 N–H and O–H groups in total. The number of nitrogens with one attached hydrogen (secondary N) is 1. The third kappa shape index (κ3) is 2.67. The van der Waals surface area contributed by atoms with Crippen molar-refractivity contribution < 1.29 is 0 Å². The zero-order valence-electron chi connectivity index (χ0n) is 11.1. The number of hydrogen-bond donors (Lipinski definition) is 2. The van der Waals surface area contributed by atoms with Gasteiger partial charge in [-0.05, 0) is 40.3 Å². The maximum Gasteiger partial charge on any atom is 0.222 e. The molecule has 1 heterocycles. The van der Waals surface area contributed by atoms with Gasteiger partial charge in [-0.2, -0.15) is 4.98 Å². The summed E-state index contributed by atoms with van der Waals surface area (Å²) in [7, 11) is 4.21. The maximum atomic E-state index is 6.21. The molecule has 0 unspecified atom stereocenters. The minimum Gasteiger partial charge on any atom is -0.368 e. The lowest BCUT2D eigenvalue weighted by atomic mass is 10.1. The maximum absolute atomic E-state index is 6.21. The van der Waals surface area contributed by atoms with Gasteiger partial charge in [-0.25, -0.2) is 4.98 Å². The first-order chi connectivity index (χ1) is 8.49. The zero-order chi connectivity index (χ0) is 13.3. The Kier molecular flexibility index (Phi) is 3.92. The lowest BCUT2D eigenvalue weighted by molar-refractivity contribution is 0.285. The number of aryl methyl sites for hydroxylation is 1. The largest absolute Gasteiger partial charge is 0.368 e. The molecule has 1 aromatic rings. The van der Waals surface area contributed by atoms with Crippen LogP contribution in [0.15, 0.2) is 0 Å². The SMILES string of the molecule is Cc1nc(N)nc(N[C@@H]2CCC[C@H]2N(C)C)c1Cl. The van der Waals surface area contributed by atoms with E-state index in [9.17, 15) is 0 Å². The van der Waals surface area contributed by atoms with Gasteiger partial charge in [0, 0.05) is 12.1 Å². The second-order valence-corrected chi connectivity index (χ2v) is 5.42. The summed E-state index contributed by atoms with van der Waals surface area (Å²) in [6.07, 6.45) is 3.54. The number of nitrogen functional groups attached to an aromatic ring is 1. The molecular formula is C12H20ClN5. The van der Waals surface area contributed by atoms with Gasteiger partial charge in [-0.15, -0.1) is 0 Å². The van der Waals surface area contributed by atoms with Crippen LogP contribution in [-0.4, -0.2) is 41.0 Å². The van der Waals surface area contributed by atoms with Crippen LogP contribution in [-0.2, 0) is 0 Å². The number of rotatable bonds is 3. The molecule has 1 fully saturated rings. The second kappa shape index (κ2) is 5.28. The molecule has 2 atom stereocenters. The van der Waals surface area contributed by atoms with Gasteiger partial charge in [0.1, 0.15) is 5.02 Å². The predicted octanol–water partition coefficient (Wildman–Crippen LogP) is 1.92. The number of aromatic nitrogens is 2. The number of nitrogens with two attached hydrogens (primary N) is 1. The topological polar surface area (TPSA) is 67.1 Å². The van der Waals surface area contributed by atoms with Gasteiger partial charge in [0.2, 0.25) is 5.95 Å². The summed E-state index contributed by atoms with van der Waals surface area (Å²) in [6, 6.07) is 0.878. The first kappa shape index (κ1) is 13.4. The molecule has 5 nitrogen and oxygen atoms in total. The van der Waals surface area contributed by atoms with Crippen LogP contribution in [0.4, 0.5) is 11.8 Å². The fourth-order valence-electron chi connectivity index (χ4n) is 2.58. The van der Waals surface area contributed by atoms with Crippen LogP contribution in [0.3, 0.4) is 0 Å². The Hall–Kier alpha value is -1.07. The molecule has 100 valence electrons. The third-order valence-electron chi connectivity index (χ3n) is 3.50. The fraction of sp³-hybridized carbons (Fsp3) is 0.667. The van der Waals surface area contributed by atoms with E-state index in [1.54, 1.807) is 0 Å². The Bertz CT molecular complexity index is 435. The van der Waals surface area contributed by atoms with E-state index in [0.29, 0.717) is 28.6 Å². The minimum atomic E-state index is 0.263. The summed E-state index contributed by atoms with van der Waals surface area (Å²) >= 11 is 6.21.